The highest BCUT2D eigenvalue weighted by molar-refractivity contribution is 7.90. The number of halogens is 2. The van der Waals surface area contributed by atoms with Gasteiger partial charge in [0.05, 0.1) is 24.3 Å². The number of rotatable bonds is 6. The highest BCUT2D eigenvalue weighted by Gasteiger charge is 2.20. The van der Waals surface area contributed by atoms with Crippen molar-refractivity contribution in [1.82, 2.24) is 14.9 Å². The van der Waals surface area contributed by atoms with E-state index in [9.17, 15) is 22.0 Å². The number of imidazole rings is 1. The third kappa shape index (κ3) is 5.17. The number of nitrogens with one attached hydrogen (secondary N) is 2. The number of carbonyl (C=O) groups excluding carboxylic acids is 1. The normalized spacial score (nSPS) is 11.3. The van der Waals surface area contributed by atoms with Crippen LogP contribution in [0, 0.1) is 11.6 Å². The van der Waals surface area contributed by atoms with Crippen molar-refractivity contribution < 1.29 is 22.0 Å². The topological polar surface area (TPSA) is 93.1 Å². The highest BCUT2D eigenvalue weighted by Crippen LogP contribution is 2.22. The van der Waals surface area contributed by atoms with Crippen LogP contribution in [0.15, 0.2) is 59.9 Å². The van der Waals surface area contributed by atoms with Gasteiger partial charge in [-0.2, -0.15) is 0 Å². The molecular formula is C19H18F2N4O3S. The van der Waals surface area contributed by atoms with Crippen molar-refractivity contribution in [2.24, 2.45) is 7.05 Å². The number of benzene rings is 2. The summed E-state index contributed by atoms with van der Waals surface area (Å²) in [6, 6.07) is 8.02. The van der Waals surface area contributed by atoms with Gasteiger partial charge in [0, 0.05) is 25.0 Å². The van der Waals surface area contributed by atoms with Crippen molar-refractivity contribution in [3.05, 3.63) is 77.9 Å². The molecule has 1 aromatic heterocycles. The van der Waals surface area contributed by atoms with Crippen LogP contribution in [0.25, 0.3) is 0 Å². The van der Waals surface area contributed by atoms with Gasteiger partial charge in [-0.1, -0.05) is 12.1 Å². The minimum atomic E-state index is -4.03. The standard InChI is InChI=1S/C19H18F2N4O3S/c1-25-12-22-9-16(25)10-23-19(26)24-15-4-2-3-13(7-15)11-29(27,28)18-6-5-14(20)8-17(18)21/h2-9,12H,10-11H2,1H3,(H2,23,24,26). The molecular weight excluding hydrogens is 402 g/mol. The summed E-state index contributed by atoms with van der Waals surface area (Å²) in [5.41, 5.74) is 1.53. The molecule has 3 rings (SSSR count). The van der Waals surface area contributed by atoms with Crippen LogP contribution in [0.3, 0.4) is 0 Å². The molecule has 2 N–H and O–H groups in total. The van der Waals surface area contributed by atoms with E-state index < -0.39 is 38.2 Å². The van der Waals surface area contributed by atoms with Crippen LogP contribution >= 0.6 is 0 Å². The Bertz CT molecular complexity index is 1150. The first-order chi connectivity index (χ1) is 13.7. The number of aromatic nitrogens is 2. The minimum absolute atomic E-state index is 0.264. The first kappa shape index (κ1) is 20.5. The second-order valence-electron chi connectivity index (χ2n) is 6.34. The lowest BCUT2D eigenvalue weighted by atomic mass is 10.2. The number of amides is 2. The SMILES string of the molecule is Cn1cncc1CNC(=O)Nc1cccc(CS(=O)(=O)c2ccc(F)cc2F)c1. The number of nitrogens with zero attached hydrogens (tertiary/aromatic N) is 2. The molecule has 0 fully saturated rings. The Hall–Kier alpha value is -3.27. The molecule has 7 nitrogen and oxygen atoms in total. The van der Waals surface area contributed by atoms with Gasteiger partial charge in [0.15, 0.2) is 9.84 Å². The first-order valence-corrected chi connectivity index (χ1v) is 10.2. The van der Waals surface area contributed by atoms with E-state index in [1.54, 1.807) is 36.3 Å². The van der Waals surface area contributed by atoms with Gasteiger partial charge in [-0.25, -0.2) is 27.0 Å². The lowest BCUT2D eigenvalue weighted by Gasteiger charge is -2.10. The van der Waals surface area contributed by atoms with E-state index in [1.165, 1.54) is 12.1 Å². The Morgan fingerprint density at radius 2 is 1.97 bits per heavy atom. The number of anilines is 1. The molecule has 2 amide bonds. The molecule has 152 valence electrons. The lowest BCUT2D eigenvalue weighted by Crippen LogP contribution is -2.28. The molecule has 0 aliphatic carbocycles. The van der Waals surface area contributed by atoms with E-state index in [-0.39, 0.29) is 6.54 Å². The van der Waals surface area contributed by atoms with E-state index in [0.717, 1.165) is 17.8 Å². The molecule has 1 heterocycles. The molecule has 0 bridgehead atoms. The third-order valence-electron chi connectivity index (χ3n) is 4.12. The average molecular weight is 420 g/mol. The second-order valence-corrected chi connectivity index (χ2v) is 8.30. The zero-order valence-electron chi connectivity index (χ0n) is 15.4. The summed E-state index contributed by atoms with van der Waals surface area (Å²) in [7, 11) is -2.23. The van der Waals surface area contributed by atoms with Crippen molar-refractivity contribution in [2.45, 2.75) is 17.2 Å². The fourth-order valence-electron chi connectivity index (χ4n) is 2.66. The number of carbonyl (C=O) groups is 1. The van der Waals surface area contributed by atoms with E-state index in [2.05, 4.69) is 15.6 Å². The molecule has 0 spiro atoms. The molecule has 2 aromatic carbocycles. The average Bonchev–Trinajstić information content (AvgIpc) is 3.04. The van der Waals surface area contributed by atoms with Crippen LogP contribution in [0.1, 0.15) is 11.3 Å². The first-order valence-electron chi connectivity index (χ1n) is 8.51. The van der Waals surface area contributed by atoms with Crippen molar-refractivity contribution in [1.29, 1.82) is 0 Å². The maximum absolute atomic E-state index is 13.8. The zero-order chi connectivity index (χ0) is 21.0. The molecule has 0 saturated carbocycles. The predicted octanol–water partition coefficient (Wildman–Crippen LogP) is 2.99. The Labute approximate surface area is 166 Å². The Kier molecular flexibility index (Phi) is 5.92. The van der Waals surface area contributed by atoms with E-state index in [1.807, 2.05) is 0 Å². The predicted molar refractivity (Wildman–Crippen MR) is 103 cm³/mol. The van der Waals surface area contributed by atoms with Gasteiger partial charge in [0.1, 0.15) is 16.5 Å². The highest BCUT2D eigenvalue weighted by atomic mass is 32.2. The molecule has 0 unspecified atom stereocenters. The smallest absolute Gasteiger partial charge is 0.319 e. The molecule has 0 saturated heterocycles. The van der Waals surface area contributed by atoms with Gasteiger partial charge in [0.25, 0.3) is 0 Å². The van der Waals surface area contributed by atoms with Gasteiger partial charge < -0.3 is 15.2 Å². The number of sulfone groups is 1. The molecule has 0 atom stereocenters. The maximum atomic E-state index is 13.8. The molecule has 0 radical (unpaired) electrons. The van der Waals surface area contributed by atoms with Crippen molar-refractivity contribution in [2.75, 3.05) is 5.32 Å². The van der Waals surface area contributed by atoms with Gasteiger partial charge in [-0.05, 0) is 29.8 Å². The summed E-state index contributed by atoms with van der Waals surface area (Å²) in [5, 5.41) is 5.28. The summed E-state index contributed by atoms with van der Waals surface area (Å²) in [5.74, 6) is -2.50. The minimum Gasteiger partial charge on any atom is -0.336 e. The number of aryl methyl sites for hydroxylation is 1. The number of urea groups is 1. The van der Waals surface area contributed by atoms with Crippen molar-refractivity contribution >= 4 is 21.6 Å². The summed E-state index contributed by atoms with van der Waals surface area (Å²) >= 11 is 0. The van der Waals surface area contributed by atoms with Gasteiger partial charge in [-0.15, -0.1) is 0 Å². The number of hydrogen-bond acceptors (Lipinski definition) is 4. The lowest BCUT2D eigenvalue weighted by molar-refractivity contribution is 0.251. The molecule has 3 aromatic rings. The van der Waals surface area contributed by atoms with Crippen LogP contribution in [0.5, 0.6) is 0 Å². The van der Waals surface area contributed by atoms with Crippen molar-refractivity contribution in [3.8, 4) is 0 Å². The Balaban J connectivity index is 1.67. The van der Waals surface area contributed by atoms with E-state index >= 15 is 0 Å². The Morgan fingerprint density at radius 1 is 1.17 bits per heavy atom. The maximum Gasteiger partial charge on any atom is 0.319 e. The van der Waals surface area contributed by atoms with E-state index in [0.29, 0.717) is 17.3 Å². The monoisotopic (exact) mass is 420 g/mol. The summed E-state index contributed by atoms with van der Waals surface area (Å²) in [4.78, 5) is 15.4. The van der Waals surface area contributed by atoms with Crippen LogP contribution in [-0.4, -0.2) is 24.0 Å². The van der Waals surface area contributed by atoms with Gasteiger partial charge >= 0.3 is 6.03 Å². The van der Waals surface area contributed by atoms with Crippen LogP contribution in [-0.2, 0) is 29.2 Å². The summed E-state index contributed by atoms with van der Waals surface area (Å²) in [6.45, 7) is 0.264. The number of hydrogen-bond donors (Lipinski definition) is 2. The summed E-state index contributed by atoms with van der Waals surface area (Å²) < 4.78 is 53.6. The van der Waals surface area contributed by atoms with Crippen LogP contribution in [0.2, 0.25) is 0 Å². The molecule has 0 aliphatic rings. The summed E-state index contributed by atoms with van der Waals surface area (Å²) in [6.07, 6.45) is 3.24. The van der Waals surface area contributed by atoms with Gasteiger partial charge in [0.2, 0.25) is 0 Å². The Morgan fingerprint density at radius 3 is 2.66 bits per heavy atom. The quantitative estimate of drug-likeness (QED) is 0.600. The second kappa shape index (κ2) is 8.39. The largest absolute Gasteiger partial charge is 0.336 e. The zero-order valence-corrected chi connectivity index (χ0v) is 16.2. The van der Waals surface area contributed by atoms with Crippen LogP contribution in [0.4, 0.5) is 19.3 Å². The third-order valence-corrected chi connectivity index (χ3v) is 5.83. The van der Waals surface area contributed by atoms with E-state index in [4.69, 9.17) is 0 Å². The fourth-order valence-corrected chi connectivity index (χ4v) is 4.07. The molecule has 0 aliphatic heterocycles. The fraction of sp³-hybridized carbons (Fsp3) is 0.158. The van der Waals surface area contributed by atoms with Gasteiger partial charge in [-0.3, -0.25) is 0 Å². The van der Waals surface area contributed by atoms with Crippen molar-refractivity contribution in [3.63, 3.8) is 0 Å². The molecule has 10 heteroatoms. The van der Waals surface area contributed by atoms with Crippen LogP contribution < -0.4 is 10.6 Å². The molecule has 29 heavy (non-hydrogen) atoms.